The molecule has 0 rings (SSSR count). The van der Waals surface area contributed by atoms with Crippen LogP contribution in [0.1, 0.15) is 52.4 Å². The molecule has 0 aromatic carbocycles. The molecule has 0 atom stereocenters. The molecule has 0 spiro atoms. The molecule has 0 saturated heterocycles. The van der Waals surface area contributed by atoms with Gasteiger partial charge in [0.25, 0.3) is 0 Å². The number of hydrogen-bond donors (Lipinski definition) is 0. The zero-order valence-corrected chi connectivity index (χ0v) is 11.3. The van der Waals surface area contributed by atoms with Crippen LogP contribution in [0.3, 0.4) is 0 Å². The summed E-state index contributed by atoms with van der Waals surface area (Å²) in [6.07, 6.45) is -0.108. The standard InChI is InChI=1S/C13H22O6/c1-9(2)13(6-3-10(14)15,7-4-11(16)17)8-5-12(18)19/h9H,3-8H2,1-2H3,(H,14,15)(H,16,17)(H,18,19)/p-3. The van der Waals surface area contributed by atoms with E-state index in [-0.39, 0.29) is 44.4 Å². The van der Waals surface area contributed by atoms with Gasteiger partial charge in [-0.3, -0.25) is 0 Å². The van der Waals surface area contributed by atoms with E-state index in [1.54, 1.807) is 0 Å². The summed E-state index contributed by atoms with van der Waals surface area (Å²) in [7, 11) is 0. The van der Waals surface area contributed by atoms with Crippen molar-refractivity contribution in [2.24, 2.45) is 11.3 Å². The molecule has 0 aliphatic carbocycles. The Morgan fingerprint density at radius 3 is 1.21 bits per heavy atom. The van der Waals surface area contributed by atoms with Gasteiger partial charge in [-0.2, -0.15) is 0 Å². The second-order valence-corrected chi connectivity index (χ2v) is 5.13. The van der Waals surface area contributed by atoms with Gasteiger partial charge < -0.3 is 29.7 Å². The van der Waals surface area contributed by atoms with Gasteiger partial charge in [0.1, 0.15) is 0 Å². The Labute approximate surface area is 112 Å². The fraction of sp³-hybridized carbons (Fsp3) is 0.769. The minimum absolute atomic E-state index is 0.0504. The van der Waals surface area contributed by atoms with Gasteiger partial charge in [-0.25, -0.2) is 0 Å². The molecule has 0 N–H and O–H groups in total. The lowest BCUT2D eigenvalue weighted by Gasteiger charge is -2.39. The van der Waals surface area contributed by atoms with Crippen molar-refractivity contribution < 1.29 is 29.7 Å². The van der Waals surface area contributed by atoms with E-state index >= 15 is 0 Å². The molecule has 0 aliphatic heterocycles. The van der Waals surface area contributed by atoms with Crippen molar-refractivity contribution in [3.63, 3.8) is 0 Å². The largest absolute Gasteiger partial charge is 0.550 e. The van der Waals surface area contributed by atoms with Crippen LogP contribution in [-0.2, 0) is 14.4 Å². The number of hydrogen-bond acceptors (Lipinski definition) is 6. The maximum absolute atomic E-state index is 10.6. The van der Waals surface area contributed by atoms with Crippen LogP contribution in [-0.4, -0.2) is 17.9 Å². The summed E-state index contributed by atoms with van der Waals surface area (Å²) in [5.74, 6) is -3.74. The second-order valence-electron chi connectivity index (χ2n) is 5.13. The Balaban J connectivity index is 4.91. The van der Waals surface area contributed by atoms with Crippen LogP contribution in [0.2, 0.25) is 0 Å². The van der Waals surface area contributed by atoms with Crippen molar-refractivity contribution in [1.82, 2.24) is 0 Å². The van der Waals surface area contributed by atoms with Crippen molar-refractivity contribution in [1.29, 1.82) is 0 Å². The Hall–Kier alpha value is -1.59. The van der Waals surface area contributed by atoms with E-state index in [1.807, 2.05) is 13.8 Å². The van der Waals surface area contributed by atoms with Gasteiger partial charge in [-0.1, -0.05) is 13.8 Å². The van der Waals surface area contributed by atoms with Crippen LogP contribution in [0.4, 0.5) is 0 Å². The van der Waals surface area contributed by atoms with Crippen molar-refractivity contribution in [2.75, 3.05) is 0 Å². The van der Waals surface area contributed by atoms with Crippen LogP contribution in [0, 0.1) is 11.3 Å². The van der Waals surface area contributed by atoms with E-state index in [0.29, 0.717) is 0 Å². The van der Waals surface area contributed by atoms with Gasteiger partial charge in [0.15, 0.2) is 0 Å². The first kappa shape index (κ1) is 17.4. The van der Waals surface area contributed by atoms with Gasteiger partial charge in [-0.15, -0.1) is 0 Å². The van der Waals surface area contributed by atoms with Gasteiger partial charge in [0.05, 0.1) is 0 Å². The van der Waals surface area contributed by atoms with Gasteiger partial charge in [0.2, 0.25) is 0 Å². The first-order chi connectivity index (χ1) is 8.69. The van der Waals surface area contributed by atoms with Crippen molar-refractivity contribution in [3.05, 3.63) is 0 Å². The molecule has 0 aromatic rings. The molecule has 6 nitrogen and oxygen atoms in total. The summed E-state index contributed by atoms with van der Waals surface area (Å²) in [5, 5.41) is 31.7. The summed E-state index contributed by atoms with van der Waals surface area (Å²) in [6, 6.07) is 0. The van der Waals surface area contributed by atoms with Crippen LogP contribution in [0.5, 0.6) is 0 Å². The molecule has 0 amide bonds. The Morgan fingerprint density at radius 1 is 0.789 bits per heavy atom. The maximum Gasteiger partial charge on any atom is 0.0414 e. The van der Waals surface area contributed by atoms with Crippen LogP contribution >= 0.6 is 0 Å². The number of carboxylic acid groups (broad SMARTS) is 3. The molecule has 6 heteroatoms. The molecule has 0 unspecified atom stereocenters. The van der Waals surface area contributed by atoms with Crippen LogP contribution in [0.25, 0.3) is 0 Å². The van der Waals surface area contributed by atoms with Crippen molar-refractivity contribution in [3.8, 4) is 0 Å². The first-order valence-electron chi connectivity index (χ1n) is 6.29. The van der Waals surface area contributed by atoms with Gasteiger partial charge in [-0.05, 0) is 49.9 Å². The fourth-order valence-electron chi connectivity index (χ4n) is 2.29. The molecule has 0 radical (unpaired) electrons. The highest BCUT2D eigenvalue weighted by atomic mass is 16.4. The highest BCUT2D eigenvalue weighted by Crippen LogP contribution is 2.42. The number of carbonyl (C=O) groups is 3. The van der Waals surface area contributed by atoms with E-state index in [0.717, 1.165) is 0 Å². The predicted molar refractivity (Wildman–Crippen MR) is 60.0 cm³/mol. The van der Waals surface area contributed by atoms with E-state index < -0.39 is 23.3 Å². The lowest BCUT2D eigenvalue weighted by Crippen LogP contribution is -2.35. The summed E-state index contributed by atoms with van der Waals surface area (Å²) in [5.41, 5.74) is -0.666. The third-order valence-electron chi connectivity index (χ3n) is 3.71. The normalized spacial score (nSPS) is 11.5. The van der Waals surface area contributed by atoms with E-state index in [9.17, 15) is 29.7 Å². The molecule has 0 heterocycles. The monoisotopic (exact) mass is 271 g/mol. The van der Waals surface area contributed by atoms with Crippen molar-refractivity contribution >= 4 is 17.9 Å². The summed E-state index contributed by atoms with van der Waals surface area (Å²) >= 11 is 0. The van der Waals surface area contributed by atoms with Gasteiger partial charge >= 0.3 is 0 Å². The second kappa shape index (κ2) is 7.76. The van der Waals surface area contributed by atoms with E-state index in [1.165, 1.54) is 0 Å². The average Bonchev–Trinajstić information content (AvgIpc) is 2.27. The smallest absolute Gasteiger partial charge is 0.0414 e. The highest BCUT2D eigenvalue weighted by Gasteiger charge is 2.32. The fourth-order valence-corrected chi connectivity index (χ4v) is 2.29. The quantitative estimate of drug-likeness (QED) is 0.463. The van der Waals surface area contributed by atoms with Crippen LogP contribution in [0.15, 0.2) is 0 Å². The topological polar surface area (TPSA) is 120 Å². The lowest BCUT2D eigenvalue weighted by molar-refractivity contribution is -0.306. The SMILES string of the molecule is CC(C)C(CCC(=O)[O-])(CCC(=O)[O-])CCC(=O)[O-]. The molecule has 0 aliphatic rings. The third-order valence-corrected chi connectivity index (χ3v) is 3.71. The molecule has 0 bridgehead atoms. The third kappa shape index (κ3) is 6.79. The molecule has 110 valence electrons. The molecular weight excluding hydrogens is 252 g/mol. The summed E-state index contributed by atoms with van der Waals surface area (Å²) in [6.45, 7) is 3.64. The highest BCUT2D eigenvalue weighted by molar-refractivity contribution is 5.65. The molecule has 0 saturated carbocycles. The first-order valence-corrected chi connectivity index (χ1v) is 6.29. The molecule has 0 fully saturated rings. The van der Waals surface area contributed by atoms with E-state index in [4.69, 9.17) is 0 Å². The Bertz CT molecular complexity index is 288. The minimum atomic E-state index is -1.23. The van der Waals surface area contributed by atoms with Crippen LogP contribution < -0.4 is 15.3 Å². The number of aliphatic carboxylic acids is 3. The zero-order chi connectivity index (χ0) is 15.1. The predicted octanol–water partition coefficient (Wildman–Crippen LogP) is -1.78. The van der Waals surface area contributed by atoms with Crippen molar-refractivity contribution in [2.45, 2.75) is 52.4 Å². The average molecular weight is 271 g/mol. The Kier molecular flexibility index (Phi) is 7.11. The minimum Gasteiger partial charge on any atom is -0.550 e. The Morgan fingerprint density at radius 2 is 1.05 bits per heavy atom. The summed E-state index contributed by atoms with van der Waals surface area (Å²) < 4.78 is 0. The molecule has 0 aromatic heterocycles. The molecule has 19 heavy (non-hydrogen) atoms. The number of rotatable bonds is 10. The number of carbonyl (C=O) groups excluding carboxylic acids is 3. The van der Waals surface area contributed by atoms with E-state index in [2.05, 4.69) is 0 Å². The maximum atomic E-state index is 10.6. The lowest BCUT2D eigenvalue weighted by atomic mass is 9.67. The number of carboxylic acids is 3. The zero-order valence-electron chi connectivity index (χ0n) is 11.3. The van der Waals surface area contributed by atoms with Gasteiger partial charge in [0, 0.05) is 17.9 Å². The molecular formula is C13H19O6-3. The summed E-state index contributed by atoms with van der Waals surface area (Å²) in [4.78, 5) is 31.7.